The van der Waals surface area contributed by atoms with Gasteiger partial charge in [0.1, 0.15) is 0 Å². The Balaban J connectivity index is 2.46. The molecule has 1 aliphatic heterocycles. The predicted molar refractivity (Wildman–Crippen MR) is 60.9 cm³/mol. The summed E-state index contributed by atoms with van der Waals surface area (Å²) in [6.45, 7) is 8.79. The van der Waals surface area contributed by atoms with Crippen molar-refractivity contribution < 1.29 is 0 Å². The summed E-state index contributed by atoms with van der Waals surface area (Å²) in [5.74, 6) is 0. The molecule has 76 valence electrons. The normalized spacial score (nSPS) is 20.4. The van der Waals surface area contributed by atoms with Crippen LogP contribution in [0.4, 0.5) is 0 Å². The monoisotopic (exact) mass is 200 g/mol. The summed E-state index contributed by atoms with van der Waals surface area (Å²) >= 11 is 5.34. The van der Waals surface area contributed by atoms with Gasteiger partial charge in [-0.1, -0.05) is 6.92 Å². The first-order valence-corrected chi connectivity index (χ1v) is 5.54. The molecule has 3 heteroatoms. The Bertz CT molecular complexity index is 189. The van der Waals surface area contributed by atoms with Gasteiger partial charge < -0.3 is 10.2 Å². The van der Waals surface area contributed by atoms with E-state index < -0.39 is 0 Å². The molecule has 2 nitrogen and oxygen atoms in total. The molecule has 1 fully saturated rings. The Labute approximate surface area is 86.7 Å². The molecule has 0 aliphatic carbocycles. The Kier molecular flexibility index (Phi) is 3.54. The second-order valence-corrected chi connectivity index (χ2v) is 4.69. The van der Waals surface area contributed by atoms with E-state index in [4.69, 9.17) is 12.2 Å². The fourth-order valence-corrected chi connectivity index (χ4v) is 2.25. The topological polar surface area (TPSA) is 15.3 Å². The van der Waals surface area contributed by atoms with Crippen molar-refractivity contribution in [1.82, 2.24) is 10.2 Å². The quantitative estimate of drug-likeness (QED) is 0.688. The molecule has 0 unspecified atom stereocenters. The van der Waals surface area contributed by atoms with Crippen molar-refractivity contribution in [3.8, 4) is 0 Å². The van der Waals surface area contributed by atoms with Crippen molar-refractivity contribution in [2.75, 3.05) is 13.1 Å². The number of nitrogens with zero attached hydrogens (tertiary/aromatic N) is 1. The summed E-state index contributed by atoms with van der Waals surface area (Å²) < 4.78 is 0. The molecule has 1 rings (SSSR count). The standard InChI is InChI=1S/C10H20N2S/c1-4-7-11-9(13)12-8-5-6-10(12,2)3/h4-8H2,1-3H3,(H,11,13). The minimum atomic E-state index is 0.262. The number of nitrogens with one attached hydrogen (secondary N) is 1. The third-order valence-corrected chi connectivity index (χ3v) is 3.04. The Morgan fingerprint density at radius 1 is 1.54 bits per heavy atom. The predicted octanol–water partition coefficient (Wildman–Crippen LogP) is 2.15. The van der Waals surface area contributed by atoms with E-state index in [0.29, 0.717) is 0 Å². The van der Waals surface area contributed by atoms with Crippen molar-refractivity contribution in [2.24, 2.45) is 0 Å². The van der Waals surface area contributed by atoms with Gasteiger partial charge in [0.15, 0.2) is 5.11 Å². The van der Waals surface area contributed by atoms with Gasteiger partial charge in [-0.2, -0.15) is 0 Å². The van der Waals surface area contributed by atoms with E-state index in [1.54, 1.807) is 0 Å². The van der Waals surface area contributed by atoms with E-state index in [-0.39, 0.29) is 5.54 Å². The van der Waals surface area contributed by atoms with Crippen molar-refractivity contribution >= 4 is 17.3 Å². The second kappa shape index (κ2) is 4.27. The largest absolute Gasteiger partial charge is 0.363 e. The molecule has 1 aliphatic rings. The first-order valence-electron chi connectivity index (χ1n) is 5.13. The third-order valence-electron chi connectivity index (χ3n) is 2.67. The van der Waals surface area contributed by atoms with Crippen LogP contribution in [0.3, 0.4) is 0 Å². The van der Waals surface area contributed by atoms with Crippen LogP contribution in [0.5, 0.6) is 0 Å². The molecule has 0 atom stereocenters. The van der Waals surface area contributed by atoms with Crippen molar-refractivity contribution in [3.63, 3.8) is 0 Å². The van der Waals surface area contributed by atoms with Gasteiger partial charge in [-0.15, -0.1) is 0 Å². The first-order chi connectivity index (χ1) is 6.08. The van der Waals surface area contributed by atoms with E-state index in [1.807, 2.05) is 0 Å². The minimum absolute atomic E-state index is 0.262. The van der Waals surface area contributed by atoms with Gasteiger partial charge in [0.2, 0.25) is 0 Å². The maximum Gasteiger partial charge on any atom is 0.169 e. The number of thiocarbonyl (C=S) groups is 1. The van der Waals surface area contributed by atoms with E-state index in [9.17, 15) is 0 Å². The molecule has 0 spiro atoms. The van der Waals surface area contributed by atoms with Crippen LogP contribution in [-0.2, 0) is 0 Å². The Hall–Kier alpha value is -0.310. The van der Waals surface area contributed by atoms with Crippen LogP contribution >= 0.6 is 12.2 Å². The summed E-state index contributed by atoms with van der Waals surface area (Å²) in [6, 6.07) is 0. The lowest BCUT2D eigenvalue weighted by Crippen LogP contribution is -2.47. The second-order valence-electron chi connectivity index (χ2n) is 4.30. The van der Waals surface area contributed by atoms with Gasteiger partial charge in [0, 0.05) is 18.6 Å². The van der Waals surface area contributed by atoms with Crippen LogP contribution < -0.4 is 5.32 Å². The van der Waals surface area contributed by atoms with Gasteiger partial charge in [0.25, 0.3) is 0 Å². The Morgan fingerprint density at radius 2 is 2.23 bits per heavy atom. The van der Waals surface area contributed by atoms with Crippen LogP contribution in [0.2, 0.25) is 0 Å². The number of hydrogen-bond acceptors (Lipinski definition) is 1. The average molecular weight is 200 g/mol. The molecule has 0 aromatic carbocycles. The van der Waals surface area contributed by atoms with Crippen LogP contribution in [0.15, 0.2) is 0 Å². The third kappa shape index (κ3) is 2.56. The van der Waals surface area contributed by atoms with Crippen molar-refractivity contribution in [2.45, 2.75) is 45.6 Å². The first kappa shape index (κ1) is 10.8. The average Bonchev–Trinajstić information content (AvgIpc) is 2.41. The van der Waals surface area contributed by atoms with E-state index >= 15 is 0 Å². The molecule has 0 saturated carbocycles. The van der Waals surface area contributed by atoms with Crippen molar-refractivity contribution in [3.05, 3.63) is 0 Å². The van der Waals surface area contributed by atoms with Crippen LogP contribution in [0.25, 0.3) is 0 Å². The number of likely N-dealkylation sites (tertiary alicyclic amines) is 1. The zero-order chi connectivity index (χ0) is 9.90. The maximum atomic E-state index is 5.34. The lowest BCUT2D eigenvalue weighted by molar-refractivity contribution is 0.278. The number of hydrogen-bond donors (Lipinski definition) is 1. The summed E-state index contributed by atoms with van der Waals surface area (Å²) in [4.78, 5) is 2.32. The molecular formula is C10H20N2S. The molecule has 0 radical (unpaired) electrons. The molecule has 1 saturated heterocycles. The van der Waals surface area contributed by atoms with Crippen LogP contribution in [-0.4, -0.2) is 28.6 Å². The molecule has 0 aromatic rings. The van der Waals surface area contributed by atoms with Gasteiger partial charge in [-0.05, 0) is 45.3 Å². The fraction of sp³-hybridized carbons (Fsp3) is 0.900. The zero-order valence-corrected chi connectivity index (χ0v) is 9.71. The molecule has 1 heterocycles. The molecule has 13 heavy (non-hydrogen) atoms. The van der Waals surface area contributed by atoms with E-state index in [1.165, 1.54) is 12.8 Å². The summed E-state index contributed by atoms with van der Waals surface area (Å²) in [6.07, 6.45) is 3.65. The highest BCUT2D eigenvalue weighted by atomic mass is 32.1. The zero-order valence-electron chi connectivity index (χ0n) is 8.89. The minimum Gasteiger partial charge on any atom is -0.363 e. The molecule has 0 bridgehead atoms. The smallest absolute Gasteiger partial charge is 0.169 e. The lowest BCUT2D eigenvalue weighted by Gasteiger charge is -2.33. The van der Waals surface area contributed by atoms with Gasteiger partial charge >= 0.3 is 0 Å². The molecule has 0 aromatic heterocycles. The van der Waals surface area contributed by atoms with E-state index in [0.717, 1.165) is 24.6 Å². The molecule has 1 N–H and O–H groups in total. The Morgan fingerprint density at radius 3 is 2.69 bits per heavy atom. The number of rotatable bonds is 2. The molecule has 0 amide bonds. The maximum absolute atomic E-state index is 5.34. The highest BCUT2D eigenvalue weighted by Crippen LogP contribution is 2.27. The highest BCUT2D eigenvalue weighted by molar-refractivity contribution is 7.80. The van der Waals surface area contributed by atoms with Gasteiger partial charge in [-0.25, -0.2) is 0 Å². The molecular weight excluding hydrogens is 180 g/mol. The fourth-order valence-electron chi connectivity index (χ4n) is 1.81. The summed E-state index contributed by atoms with van der Waals surface area (Å²) in [5.41, 5.74) is 0.262. The summed E-state index contributed by atoms with van der Waals surface area (Å²) in [5, 5.41) is 4.22. The van der Waals surface area contributed by atoms with E-state index in [2.05, 4.69) is 31.0 Å². The van der Waals surface area contributed by atoms with Gasteiger partial charge in [-0.3, -0.25) is 0 Å². The van der Waals surface area contributed by atoms with Crippen molar-refractivity contribution in [1.29, 1.82) is 0 Å². The SMILES string of the molecule is CCCNC(=S)N1CCCC1(C)C. The highest BCUT2D eigenvalue weighted by Gasteiger charge is 2.33. The lowest BCUT2D eigenvalue weighted by atomic mass is 10.0. The van der Waals surface area contributed by atoms with Crippen LogP contribution in [0, 0.1) is 0 Å². The summed E-state index contributed by atoms with van der Waals surface area (Å²) in [7, 11) is 0. The van der Waals surface area contributed by atoms with Crippen LogP contribution in [0.1, 0.15) is 40.0 Å². The van der Waals surface area contributed by atoms with Gasteiger partial charge in [0.05, 0.1) is 0 Å².